The van der Waals surface area contributed by atoms with Crippen molar-refractivity contribution in [1.82, 2.24) is 0 Å². The molecule has 4 aliphatic rings. The highest BCUT2D eigenvalue weighted by atomic mass is 35.5. The number of anilines is 2. The van der Waals surface area contributed by atoms with E-state index in [9.17, 15) is 51.7 Å². The molecule has 15 heteroatoms. The number of amides is 4. The molecule has 50 heavy (non-hydrogen) atoms. The fourth-order valence-corrected chi connectivity index (χ4v) is 8.40. The number of hydrogen-bond donors (Lipinski definition) is 2. The number of rotatable bonds is 5. The van der Waals surface area contributed by atoms with Crippen LogP contribution in [0.4, 0.5) is 28.9 Å². The number of carbonyl (C=O) groups is 5. The first-order valence-corrected chi connectivity index (χ1v) is 15.7. The lowest BCUT2D eigenvalue weighted by Gasteiger charge is -2.49. The maximum atomic E-state index is 14.5. The Morgan fingerprint density at radius 3 is 2.34 bits per heavy atom. The van der Waals surface area contributed by atoms with Gasteiger partial charge in [-0.1, -0.05) is 29.3 Å². The Bertz CT molecular complexity index is 2070. The summed E-state index contributed by atoms with van der Waals surface area (Å²) in [5.74, 6) is -11.7. The number of alkyl halides is 3. The minimum absolute atomic E-state index is 0.0224. The first kappa shape index (κ1) is 33.3. The molecule has 0 bridgehead atoms. The average molecular weight is 713 g/mol. The number of benzene rings is 3. The first-order valence-electron chi connectivity index (χ1n) is 15.4. The second kappa shape index (κ2) is 11.4. The van der Waals surface area contributed by atoms with Gasteiger partial charge in [0.1, 0.15) is 17.3 Å². The van der Waals surface area contributed by atoms with E-state index in [4.69, 9.17) is 11.6 Å². The van der Waals surface area contributed by atoms with E-state index in [-0.39, 0.29) is 40.4 Å². The highest BCUT2D eigenvalue weighted by molar-refractivity contribution is 6.32. The average Bonchev–Trinajstić information content (AvgIpc) is 3.42. The van der Waals surface area contributed by atoms with E-state index in [1.165, 1.54) is 37.3 Å². The largest absolute Gasteiger partial charge is 0.573 e. The second-order valence-corrected chi connectivity index (χ2v) is 13.3. The second-order valence-electron chi connectivity index (χ2n) is 12.9. The third kappa shape index (κ3) is 4.95. The number of halogens is 5. The van der Waals surface area contributed by atoms with Crippen molar-refractivity contribution in [3.63, 3.8) is 0 Å². The van der Waals surface area contributed by atoms with Gasteiger partial charge in [0.05, 0.1) is 45.1 Å². The number of ether oxygens (including phenoxy) is 1. The van der Waals surface area contributed by atoms with Crippen LogP contribution in [0, 0.1) is 34.9 Å². The molecular formula is C35H25ClF4N2O8. The summed E-state index contributed by atoms with van der Waals surface area (Å²) in [6.45, 7) is 1.44. The van der Waals surface area contributed by atoms with Crippen LogP contribution in [0.2, 0.25) is 5.02 Å². The lowest BCUT2D eigenvalue weighted by atomic mass is 9.51. The lowest BCUT2D eigenvalue weighted by molar-refractivity contribution is -0.274. The third-order valence-corrected chi connectivity index (χ3v) is 10.6. The van der Waals surface area contributed by atoms with Crippen LogP contribution >= 0.6 is 11.6 Å². The fraction of sp³-hybridized carbons (Fsp3) is 0.286. The summed E-state index contributed by atoms with van der Waals surface area (Å²) in [6.07, 6.45) is -3.67. The molecule has 10 nitrogen and oxygen atoms in total. The van der Waals surface area contributed by atoms with Gasteiger partial charge in [-0.3, -0.25) is 24.1 Å². The van der Waals surface area contributed by atoms with Crippen LogP contribution in [0.1, 0.15) is 41.6 Å². The van der Waals surface area contributed by atoms with Crippen molar-refractivity contribution >= 4 is 52.6 Å². The highest BCUT2D eigenvalue weighted by Crippen LogP contribution is 2.64. The number of imide groups is 2. The molecular weight excluding hydrogens is 688 g/mol. The molecule has 3 aromatic rings. The van der Waals surface area contributed by atoms with Gasteiger partial charge in [-0.05, 0) is 80.3 Å². The van der Waals surface area contributed by atoms with Gasteiger partial charge < -0.3 is 14.9 Å². The number of hydrogen-bond acceptors (Lipinski definition) is 7. The summed E-state index contributed by atoms with van der Waals surface area (Å²) in [4.78, 5) is 70.1. The van der Waals surface area contributed by atoms with E-state index in [1.807, 2.05) is 0 Å². The standard InChI is InChI=1S/C35H25ClF4N2O8/c1-34-23(30(45)42(33(34)49)17-5-9-25(37)24(36)12-17)14-21-19(28(34)22-13-18(6-10-26(22)43)50-35(38,39)40)7-8-20-27(21)31(46)41(29(20)44)16-4-2-3-15(11-16)32(47)48/h2-7,9-13,20-21,23,27-28,43H,8,14H2,1H3,(H,47,48)/t20-,21+,23-,27-,28+,34+/m0/s1. The zero-order valence-corrected chi connectivity index (χ0v) is 26.5. The van der Waals surface area contributed by atoms with E-state index >= 15 is 0 Å². The molecule has 6 atom stereocenters. The molecule has 2 saturated heterocycles. The number of phenolic OH excluding ortho intramolecular Hbond substituents is 1. The zero-order valence-electron chi connectivity index (χ0n) is 25.8. The van der Waals surface area contributed by atoms with Crippen molar-refractivity contribution in [3.8, 4) is 11.5 Å². The van der Waals surface area contributed by atoms with Crippen LogP contribution in [0.15, 0.2) is 72.3 Å². The number of carboxylic acids is 1. The molecule has 2 aliphatic heterocycles. The molecule has 2 heterocycles. The van der Waals surface area contributed by atoms with E-state index in [2.05, 4.69) is 4.74 Å². The summed E-state index contributed by atoms with van der Waals surface area (Å²) in [6, 6.07) is 11.3. The number of nitrogens with zero attached hydrogens (tertiary/aromatic N) is 2. The SMILES string of the molecule is C[C@@]12C(=O)N(c3ccc(F)c(Cl)c3)C(=O)[C@@H]1C[C@@H]1C(=CC[C@@H]3C(=O)N(c4cccc(C(=O)O)c4)C(=O)[C@@H]31)[C@@H]2c1cc(OC(F)(F)F)ccc1O. The van der Waals surface area contributed by atoms with E-state index < -0.39 is 88.3 Å². The number of carboxylic acid groups (broad SMARTS) is 1. The van der Waals surface area contributed by atoms with E-state index in [0.717, 1.165) is 40.1 Å². The maximum Gasteiger partial charge on any atom is 0.573 e. The lowest BCUT2D eigenvalue weighted by Crippen LogP contribution is -2.49. The van der Waals surface area contributed by atoms with Crippen LogP contribution in [-0.2, 0) is 19.2 Å². The monoisotopic (exact) mass is 712 g/mol. The molecule has 0 radical (unpaired) electrons. The summed E-state index contributed by atoms with van der Waals surface area (Å²) >= 11 is 5.99. The summed E-state index contributed by atoms with van der Waals surface area (Å²) in [7, 11) is 0. The predicted octanol–water partition coefficient (Wildman–Crippen LogP) is 6.22. The number of aromatic hydroxyl groups is 1. The molecule has 4 amide bonds. The van der Waals surface area contributed by atoms with Crippen molar-refractivity contribution in [2.75, 3.05) is 9.80 Å². The number of allylic oxidation sites excluding steroid dienone is 2. The molecule has 3 aromatic carbocycles. The van der Waals surface area contributed by atoms with Crippen molar-refractivity contribution in [3.05, 3.63) is 94.3 Å². The number of aromatic carboxylic acids is 1. The first-order chi connectivity index (χ1) is 23.5. The normalized spacial score (nSPS) is 27.6. The van der Waals surface area contributed by atoms with Gasteiger partial charge in [-0.2, -0.15) is 0 Å². The topological polar surface area (TPSA) is 142 Å². The smallest absolute Gasteiger partial charge is 0.508 e. The Morgan fingerprint density at radius 1 is 0.940 bits per heavy atom. The Labute approximate surface area is 285 Å². The van der Waals surface area contributed by atoms with Gasteiger partial charge in [-0.25, -0.2) is 14.1 Å². The summed E-state index contributed by atoms with van der Waals surface area (Å²) in [5, 5.41) is 20.3. The van der Waals surface area contributed by atoms with Gasteiger partial charge in [0.25, 0.3) is 0 Å². The van der Waals surface area contributed by atoms with Gasteiger partial charge in [-0.15, -0.1) is 13.2 Å². The molecule has 258 valence electrons. The molecule has 2 aliphatic carbocycles. The summed E-state index contributed by atoms with van der Waals surface area (Å²) in [5.41, 5.74) is -1.80. The van der Waals surface area contributed by atoms with Crippen molar-refractivity contribution < 1.29 is 56.5 Å². The minimum Gasteiger partial charge on any atom is -0.508 e. The highest BCUT2D eigenvalue weighted by Gasteiger charge is 2.68. The fourth-order valence-electron chi connectivity index (χ4n) is 8.22. The van der Waals surface area contributed by atoms with Crippen LogP contribution in [0.5, 0.6) is 11.5 Å². The molecule has 0 spiro atoms. The molecule has 7 rings (SSSR count). The maximum absolute atomic E-state index is 14.5. The van der Waals surface area contributed by atoms with Crippen molar-refractivity contribution in [1.29, 1.82) is 0 Å². The van der Waals surface area contributed by atoms with Gasteiger partial charge in [0, 0.05) is 11.5 Å². The van der Waals surface area contributed by atoms with Crippen LogP contribution < -0.4 is 14.5 Å². The van der Waals surface area contributed by atoms with E-state index in [1.54, 1.807) is 6.08 Å². The Balaban J connectivity index is 1.38. The van der Waals surface area contributed by atoms with Gasteiger partial charge in [0.2, 0.25) is 23.6 Å². The van der Waals surface area contributed by atoms with Crippen LogP contribution in [0.3, 0.4) is 0 Å². The Hall–Kier alpha value is -5.24. The molecule has 3 fully saturated rings. The van der Waals surface area contributed by atoms with Crippen LogP contribution in [-0.4, -0.2) is 46.2 Å². The zero-order chi connectivity index (χ0) is 36.0. The molecule has 1 saturated carbocycles. The number of fused-ring (bicyclic) bond motifs is 4. The van der Waals surface area contributed by atoms with Gasteiger partial charge in [0.15, 0.2) is 0 Å². The number of carbonyl (C=O) groups excluding carboxylic acids is 4. The van der Waals surface area contributed by atoms with Gasteiger partial charge >= 0.3 is 12.3 Å². The van der Waals surface area contributed by atoms with Crippen LogP contribution in [0.25, 0.3) is 0 Å². The number of phenols is 1. The molecule has 2 N–H and O–H groups in total. The molecule has 0 aromatic heterocycles. The Kier molecular flexibility index (Phi) is 7.59. The predicted molar refractivity (Wildman–Crippen MR) is 167 cm³/mol. The summed E-state index contributed by atoms with van der Waals surface area (Å²) < 4.78 is 58.2. The third-order valence-electron chi connectivity index (χ3n) is 10.3. The quantitative estimate of drug-likeness (QED) is 0.181. The van der Waals surface area contributed by atoms with Crippen molar-refractivity contribution in [2.24, 2.45) is 29.1 Å². The Morgan fingerprint density at radius 2 is 1.66 bits per heavy atom. The molecule has 0 unspecified atom stereocenters. The van der Waals surface area contributed by atoms with E-state index in [0.29, 0.717) is 5.57 Å². The van der Waals surface area contributed by atoms with Crippen molar-refractivity contribution in [2.45, 2.75) is 32.0 Å². The minimum atomic E-state index is -5.11.